The van der Waals surface area contributed by atoms with Crippen molar-refractivity contribution in [2.75, 3.05) is 13.1 Å². The maximum absolute atomic E-state index is 5.94. The van der Waals surface area contributed by atoms with Crippen LogP contribution in [0.5, 0.6) is 0 Å². The maximum Gasteiger partial charge on any atom is 0.167 e. The molecule has 5 nitrogen and oxygen atoms in total. The van der Waals surface area contributed by atoms with Crippen LogP contribution in [-0.2, 0) is 7.05 Å². The number of halogens is 1. The van der Waals surface area contributed by atoms with Gasteiger partial charge in [-0.25, -0.2) is 4.68 Å². The van der Waals surface area contributed by atoms with Gasteiger partial charge in [0.1, 0.15) is 0 Å². The number of benzene rings is 1. The summed E-state index contributed by atoms with van der Waals surface area (Å²) >= 11 is 7.89. The molecule has 0 aliphatic carbocycles. The van der Waals surface area contributed by atoms with Gasteiger partial charge in [-0.3, -0.25) is 4.90 Å². The van der Waals surface area contributed by atoms with Crippen molar-refractivity contribution in [2.45, 2.75) is 36.0 Å². The molecule has 1 fully saturated rings. The first kappa shape index (κ1) is 15.8. The molecule has 3 rings (SSSR count). The Kier molecular flexibility index (Phi) is 5.00. The Balaban J connectivity index is 1.54. The van der Waals surface area contributed by atoms with Gasteiger partial charge in [0.2, 0.25) is 0 Å². The monoisotopic (exact) mass is 337 g/mol. The Morgan fingerprint density at radius 1 is 1.23 bits per heavy atom. The van der Waals surface area contributed by atoms with Crippen molar-refractivity contribution in [1.29, 1.82) is 0 Å². The third kappa shape index (κ3) is 3.62. The molecule has 22 heavy (non-hydrogen) atoms. The number of tetrazole rings is 1. The second kappa shape index (κ2) is 6.98. The molecule has 0 saturated carbocycles. The molecule has 118 valence electrons. The Labute approximate surface area is 140 Å². The molecule has 7 heteroatoms. The lowest BCUT2D eigenvalue weighted by atomic mass is 10.1. The molecular weight excluding hydrogens is 318 g/mol. The van der Waals surface area contributed by atoms with E-state index >= 15 is 0 Å². The maximum atomic E-state index is 5.94. The molecule has 1 aromatic carbocycles. The minimum atomic E-state index is 0.265. The van der Waals surface area contributed by atoms with E-state index in [1.807, 2.05) is 30.9 Å². The van der Waals surface area contributed by atoms with Crippen LogP contribution >= 0.6 is 23.4 Å². The van der Waals surface area contributed by atoms with Crippen molar-refractivity contribution in [3.8, 4) is 0 Å². The average Bonchev–Trinajstić information content (AvgIpc) is 2.96. The van der Waals surface area contributed by atoms with Crippen LogP contribution in [0.25, 0.3) is 0 Å². The van der Waals surface area contributed by atoms with Crippen molar-refractivity contribution >= 4 is 23.4 Å². The molecule has 0 amide bonds. The van der Waals surface area contributed by atoms with E-state index in [2.05, 4.69) is 39.5 Å². The van der Waals surface area contributed by atoms with Gasteiger partial charge in [0.25, 0.3) is 0 Å². The van der Waals surface area contributed by atoms with Gasteiger partial charge in [-0.1, -0.05) is 11.6 Å². The summed E-state index contributed by atoms with van der Waals surface area (Å²) in [4.78, 5) is 3.76. The third-order valence-corrected chi connectivity index (χ3v) is 5.77. The number of hydrogen-bond donors (Lipinski definition) is 0. The summed E-state index contributed by atoms with van der Waals surface area (Å²) < 4.78 is 1.76. The van der Waals surface area contributed by atoms with Gasteiger partial charge in [0.15, 0.2) is 5.82 Å². The lowest BCUT2D eigenvalue weighted by molar-refractivity contribution is 0.168. The van der Waals surface area contributed by atoms with Gasteiger partial charge < -0.3 is 0 Å². The Hall–Kier alpha value is -1.11. The number of aromatic nitrogens is 4. The summed E-state index contributed by atoms with van der Waals surface area (Å²) in [6, 6.07) is 8.40. The van der Waals surface area contributed by atoms with E-state index in [0.29, 0.717) is 5.25 Å². The van der Waals surface area contributed by atoms with Gasteiger partial charge in [0, 0.05) is 22.2 Å². The molecular formula is C15H20ClN5S. The van der Waals surface area contributed by atoms with E-state index < -0.39 is 0 Å². The predicted octanol–water partition coefficient (Wildman–Crippen LogP) is 3.18. The topological polar surface area (TPSA) is 46.8 Å². The molecule has 2 heterocycles. The van der Waals surface area contributed by atoms with E-state index in [1.165, 1.54) is 17.7 Å². The van der Waals surface area contributed by atoms with E-state index in [1.54, 1.807) is 4.68 Å². The second-order valence-electron chi connectivity index (χ2n) is 5.64. The second-order valence-corrected chi connectivity index (χ2v) is 7.45. The first-order valence-corrected chi connectivity index (χ1v) is 8.78. The Bertz CT molecular complexity index is 607. The summed E-state index contributed by atoms with van der Waals surface area (Å²) in [6.07, 6.45) is 2.37. The summed E-state index contributed by atoms with van der Waals surface area (Å²) in [6.45, 7) is 4.34. The summed E-state index contributed by atoms with van der Waals surface area (Å²) in [7, 11) is 1.90. The molecule has 0 spiro atoms. The molecule has 1 saturated heterocycles. The highest BCUT2D eigenvalue weighted by Crippen LogP contribution is 2.33. The zero-order chi connectivity index (χ0) is 15.5. The van der Waals surface area contributed by atoms with E-state index in [4.69, 9.17) is 11.6 Å². The number of thioether (sulfide) groups is 1. The fourth-order valence-corrected chi connectivity index (χ4v) is 4.09. The molecule has 0 N–H and O–H groups in total. The lowest BCUT2D eigenvalue weighted by Crippen LogP contribution is -2.37. The van der Waals surface area contributed by atoms with Gasteiger partial charge in [-0.05, 0) is 67.5 Å². The number of piperidine rings is 1. The summed E-state index contributed by atoms with van der Waals surface area (Å²) in [5, 5.41) is 13.3. The first-order valence-electron chi connectivity index (χ1n) is 7.52. The molecule has 1 aliphatic rings. The molecule has 0 unspecified atom stereocenters. The fraction of sp³-hybridized carbons (Fsp3) is 0.533. The zero-order valence-electron chi connectivity index (χ0n) is 12.8. The Morgan fingerprint density at radius 3 is 2.50 bits per heavy atom. The fourth-order valence-electron chi connectivity index (χ4n) is 2.84. The van der Waals surface area contributed by atoms with Crippen molar-refractivity contribution in [3.05, 3.63) is 35.1 Å². The van der Waals surface area contributed by atoms with Crippen LogP contribution in [0.1, 0.15) is 31.6 Å². The minimum absolute atomic E-state index is 0.265. The highest BCUT2D eigenvalue weighted by atomic mass is 35.5. The van der Waals surface area contributed by atoms with Crippen LogP contribution in [0.3, 0.4) is 0 Å². The number of likely N-dealkylation sites (tertiary alicyclic amines) is 1. The van der Waals surface area contributed by atoms with E-state index in [0.717, 1.165) is 23.9 Å². The molecule has 1 atom stereocenters. The minimum Gasteiger partial charge on any atom is -0.294 e. The largest absolute Gasteiger partial charge is 0.294 e. The van der Waals surface area contributed by atoms with Gasteiger partial charge in [-0.15, -0.1) is 16.9 Å². The highest BCUT2D eigenvalue weighted by Gasteiger charge is 2.26. The first-order chi connectivity index (χ1) is 10.6. The van der Waals surface area contributed by atoms with Crippen molar-refractivity contribution in [2.24, 2.45) is 7.05 Å². The molecule has 1 aliphatic heterocycles. The van der Waals surface area contributed by atoms with Gasteiger partial charge >= 0.3 is 0 Å². The third-order valence-electron chi connectivity index (χ3n) is 4.17. The van der Waals surface area contributed by atoms with Crippen LogP contribution in [0.4, 0.5) is 0 Å². The van der Waals surface area contributed by atoms with Crippen molar-refractivity contribution in [1.82, 2.24) is 25.1 Å². The van der Waals surface area contributed by atoms with E-state index in [9.17, 15) is 0 Å². The normalized spacial score (nSPS) is 18.5. The standard InChI is InChI=1S/C15H20ClN5S/c1-11(15-17-18-19-20(15)2)21-9-7-14(8-10-21)22-13-5-3-12(16)4-6-13/h3-6,11,14H,7-10H2,1-2H3/t11-/m0/s1. The summed E-state index contributed by atoms with van der Waals surface area (Å²) in [5.41, 5.74) is 0. The van der Waals surface area contributed by atoms with Gasteiger partial charge in [-0.2, -0.15) is 0 Å². The predicted molar refractivity (Wildman–Crippen MR) is 89.1 cm³/mol. The number of nitrogens with zero attached hydrogens (tertiary/aromatic N) is 5. The van der Waals surface area contributed by atoms with Crippen LogP contribution < -0.4 is 0 Å². The smallest absolute Gasteiger partial charge is 0.167 e. The van der Waals surface area contributed by atoms with Crippen molar-refractivity contribution in [3.63, 3.8) is 0 Å². The SMILES string of the molecule is C[C@@H](c1nnnn1C)N1CCC(Sc2ccc(Cl)cc2)CC1. The Morgan fingerprint density at radius 2 is 1.91 bits per heavy atom. The highest BCUT2D eigenvalue weighted by molar-refractivity contribution is 8.00. The lowest BCUT2D eigenvalue weighted by Gasteiger charge is -2.35. The van der Waals surface area contributed by atoms with Gasteiger partial charge in [0.05, 0.1) is 6.04 Å². The molecule has 0 bridgehead atoms. The number of hydrogen-bond acceptors (Lipinski definition) is 5. The van der Waals surface area contributed by atoms with Crippen LogP contribution in [-0.4, -0.2) is 43.4 Å². The summed E-state index contributed by atoms with van der Waals surface area (Å²) in [5.74, 6) is 0.934. The molecule has 0 radical (unpaired) electrons. The van der Waals surface area contributed by atoms with Crippen LogP contribution in [0, 0.1) is 0 Å². The van der Waals surface area contributed by atoms with Crippen LogP contribution in [0.2, 0.25) is 5.02 Å². The molecule has 2 aromatic rings. The number of rotatable bonds is 4. The zero-order valence-corrected chi connectivity index (χ0v) is 14.4. The average molecular weight is 338 g/mol. The van der Waals surface area contributed by atoms with Crippen LogP contribution in [0.15, 0.2) is 29.2 Å². The number of aryl methyl sites for hydroxylation is 1. The van der Waals surface area contributed by atoms with Crippen molar-refractivity contribution < 1.29 is 0 Å². The van der Waals surface area contributed by atoms with E-state index in [-0.39, 0.29) is 6.04 Å². The quantitative estimate of drug-likeness (QED) is 0.857. The molecule has 1 aromatic heterocycles.